The summed E-state index contributed by atoms with van der Waals surface area (Å²) in [7, 11) is 0. The molecule has 0 fully saturated rings. The predicted molar refractivity (Wildman–Crippen MR) is 97.1 cm³/mol. The van der Waals surface area contributed by atoms with Gasteiger partial charge in [-0.05, 0) is 24.3 Å². The number of benzene rings is 2. The zero-order valence-electron chi connectivity index (χ0n) is 13.5. The lowest BCUT2D eigenvalue weighted by Gasteiger charge is -2.06. The van der Waals surface area contributed by atoms with Crippen LogP contribution < -0.4 is 5.32 Å². The molecule has 2 aromatic carbocycles. The number of carbonyl (C=O) groups excluding carboxylic acids is 1. The van der Waals surface area contributed by atoms with E-state index in [9.17, 15) is 4.79 Å². The number of H-pyrrole nitrogens is 2. The van der Waals surface area contributed by atoms with Crippen molar-refractivity contribution < 1.29 is 4.79 Å². The number of para-hydroxylation sites is 2. The molecule has 1 amide bonds. The number of anilines is 1. The molecule has 0 bridgehead atoms. The Morgan fingerprint density at radius 3 is 2.88 bits per heavy atom. The standard InChI is InChI=1S/C19H17N5O/c25-19(9-8-18-23-15-6-1-2-7-16(15)24-18)22-14-5-3-4-13(10-14)17-11-20-12-21-17/h1-7,10-12H,8-9H2,(H,20,21)(H,22,25)(H,23,24). The van der Waals surface area contributed by atoms with E-state index in [0.29, 0.717) is 12.8 Å². The molecule has 0 atom stereocenters. The molecule has 0 radical (unpaired) electrons. The number of imidazole rings is 2. The van der Waals surface area contributed by atoms with Crippen LogP contribution >= 0.6 is 0 Å². The number of amides is 1. The van der Waals surface area contributed by atoms with Crippen molar-refractivity contribution in [1.82, 2.24) is 19.9 Å². The minimum atomic E-state index is -0.0396. The van der Waals surface area contributed by atoms with Gasteiger partial charge in [-0.1, -0.05) is 24.3 Å². The minimum absolute atomic E-state index is 0.0396. The molecule has 0 aliphatic rings. The molecule has 4 aromatic rings. The van der Waals surface area contributed by atoms with Gasteiger partial charge in [0, 0.05) is 24.1 Å². The molecule has 0 saturated carbocycles. The summed E-state index contributed by atoms with van der Waals surface area (Å²) in [4.78, 5) is 27.0. The first-order valence-electron chi connectivity index (χ1n) is 8.10. The van der Waals surface area contributed by atoms with Crippen LogP contribution in [0.25, 0.3) is 22.3 Å². The third-order valence-electron chi connectivity index (χ3n) is 3.98. The number of hydrogen-bond donors (Lipinski definition) is 3. The number of rotatable bonds is 5. The summed E-state index contributed by atoms with van der Waals surface area (Å²) in [5.74, 6) is 0.782. The van der Waals surface area contributed by atoms with Gasteiger partial charge in [0.15, 0.2) is 0 Å². The molecule has 124 valence electrons. The van der Waals surface area contributed by atoms with Gasteiger partial charge in [0.2, 0.25) is 5.91 Å². The normalized spacial score (nSPS) is 10.9. The van der Waals surface area contributed by atoms with Gasteiger partial charge < -0.3 is 15.3 Å². The van der Waals surface area contributed by atoms with Gasteiger partial charge in [0.25, 0.3) is 0 Å². The van der Waals surface area contributed by atoms with Gasteiger partial charge in [0.1, 0.15) is 5.82 Å². The van der Waals surface area contributed by atoms with Crippen molar-refractivity contribution in [3.8, 4) is 11.3 Å². The summed E-state index contributed by atoms with van der Waals surface area (Å²) in [6.07, 6.45) is 4.32. The number of fused-ring (bicyclic) bond motifs is 1. The van der Waals surface area contributed by atoms with Gasteiger partial charge in [0.05, 0.1) is 29.3 Å². The van der Waals surface area contributed by atoms with Crippen molar-refractivity contribution in [3.63, 3.8) is 0 Å². The Balaban J connectivity index is 1.39. The Labute approximate surface area is 144 Å². The Morgan fingerprint density at radius 2 is 2.04 bits per heavy atom. The largest absolute Gasteiger partial charge is 0.345 e. The highest BCUT2D eigenvalue weighted by molar-refractivity contribution is 5.91. The van der Waals surface area contributed by atoms with E-state index in [2.05, 4.69) is 25.3 Å². The highest BCUT2D eigenvalue weighted by Gasteiger charge is 2.08. The van der Waals surface area contributed by atoms with Crippen LogP contribution in [0.4, 0.5) is 5.69 Å². The topological polar surface area (TPSA) is 86.5 Å². The summed E-state index contributed by atoms with van der Waals surface area (Å²) in [5.41, 5.74) is 4.57. The molecule has 6 heteroatoms. The van der Waals surface area contributed by atoms with Crippen molar-refractivity contribution in [2.75, 3.05) is 5.32 Å². The second kappa shape index (κ2) is 6.60. The fourth-order valence-electron chi connectivity index (χ4n) is 2.76. The Bertz CT molecular complexity index is 971. The maximum absolute atomic E-state index is 12.2. The number of aromatic nitrogens is 4. The smallest absolute Gasteiger partial charge is 0.224 e. The summed E-state index contributed by atoms with van der Waals surface area (Å²) in [5, 5.41) is 2.93. The molecular formula is C19H17N5O. The Morgan fingerprint density at radius 1 is 1.12 bits per heavy atom. The number of carbonyl (C=O) groups is 1. The monoisotopic (exact) mass is 331 g/mol. The molecule has 0 aliphatic heterocycles. The molecule has 2 aromatic heterocycles. The Kier molecular flexibility index (Phi) is 4.00. The lowest BCUT2D eigenvalue weighted by molar-refractivity contribution is -0.116. The lowest BCUT2D eigenvalue weighted by Crippen LogP contribution is -2.12. The predicted octanol–water partition coefficient (Wildman–Crippen LogP) is 3.52. The van der Waals surface area contributed by atoms with Crippen molar-refractivity contribution in [2.24, 2.45) is 0 Å². The highest BCUT2D eigenvalue weighted by Crippen LogP contribution is 2.20. The van der Waals surface area contributed by atoms with Crippen LogP contribution in [-0.4, -0.2) is 25.8 Å². The fraction of sp³-hybridized carbons (Fsp3) is 0.105. The molecule has 4 rings (SSSR count). The number of nitrogens with one attached hydrogen (secondary N) is 3. The van der Waals surface area contributed by atoms with Crippen LogP contribution in [0.1, 0.15) is 12.2 Å². The van der Waals surface area contributed by atoms with Gasteiger partial charge in [-0.25, -0.2) is 9.97 Å². The molecule has 0 saturated heterocycles. The maximum atomic E-state index is 12.2. The first kappa shape index (κ1) is 15.1. The second-order valence-electron chi connectivity index (χ2n) is 5.79. The highest BCUT2D eigenvalue weighted by atomic mass is 16.1. The van der Waals surface area contributed by atoms with E-state index in [1.54, 1.807) is 12.5 Å². The molecule has 6 nitrogen and oxygen atoms in total. The number of aryl methyl sites for hydroxylation is 1. The number of hydrogen-bond acceptors (Lipinski definition) is 3. The van der Waals surface area contributed by atoms with Gasteiger partial charge in [-0.2, -0.15) is 0 Å². The van der Waals surface area contributed by atoms with Crippen LogP contribution in [0.15, 0.2) is 61.1 Å². The quantitative estimate of drug-likeness (QED) is 0.523. The molecule has 0 unspecified atom stereocenters. The summed E-state index contributed by atoms with van der Waals surface area (Å²) >= 11 is 0. The Hall–Kier alpha value is -3.41. The van der Waals surface area contributed by atoms with Crippen molar-refractivity contribution >= 4 is 22.6 Å². The first-order chi connectivity index (χ1) is 12.3. The van der Waals surface area contributed by atoms with Crippen LogP contribution in [-0.2, 0) is 11.2 Å². The van der Waals surface area contributed by atoms with E-state index in [4.69, 9.17) is 0 Å². The van der Waals surface area contributed by atoms with Crippen LogP contribution in [0.3, 0.4) is 0 Å². The van der Waals surface area contributed by atoms with Gasteiger partial charge in [-0.3, -0.25) is 4.79 Å². The summed E-state index contributed by atoms with van der Waals surface area (Å²) < 4.78 is 0. The van der Waals surface area contributed by atoms with Crippen LogP contribution in [0.5, 0.6) is 0 Å². The van der Waals surface area contributed by atoms with Crippen molar-refractivity contribution in [1.29, 1.82) is 0 Å². The summed E-state index contributed by atoms with van der Waals surface area (Å²) in [6.45, 7) is 0. The lowest BCUT2D eigenvalue weighted by atomic mass is 10.1. The molecule has 0 spiro atoms. The van der Waals surface area contributed by atoms with E-state index in [-0.39, 0.29) is 5.91 Å². The first-order valence-corrected chi connectivity index (χ1v) is 8.10. The molecule has 25 heavy (non-hydrogen) atoms. The third kappa shape index (κ3) is 3.42. The van der Waals surface area contributed by atoms with E-state index < -0.39 is 0 Å². The maximum Gasteiger partial charge on any atom is 0.224 e. The molecular weight excluding hydrogens is 314 g/mol. The number of nitrogens with zero attached hydrogens (tertiary/aromatic N) is 2. The van der Waals surface area contributed by atoms with E-state index in [1.165, 1.54) is 0 Å². The van der Waals surface area contributed by atoms with Crippen molar-refractivity contribution in [3.05, 3.63) is 66.9 Å². The van der Waals surface area contributed by atoms with Crippen LogP contribution in [0.2, 0.25) is 0 Å². The van der Waals surface area contributed by atoms with Crippen LogP contribution in [0, 0.1) is 0 Å². The molecule has 3 N–H and O–H groups in total. The number of aromatic amines is 2. The average Bonchev–Trinajstić information content (AvgIpc) is 3.29. The van der Waals surface area contributed by atoms with Gasteiger partial charge >= 0.3 is 0 Å². The third-order valence-corrected chi connectivity index (χ3v) is 3.98. The second-order valence-corrected chi connectivity index (χ2v) is 5.79. The van der Waals surface area contributed by atoms with Crippen molar-refractivity contribution in [2.45, 2.75) is 12.8 Å². The minimum Gasteiger partial charge on any atom is -0.345 e. The molecule has 0 aliphatic carbocycles. The van der Waals surface area contributed by atoms with E-state index in [0.717, 1.165) is 33.8 Å². The average molecular weight is 331 g/mol. The van der Waals surface area contributed by atoms with E-state index in [1.807, 2.05) is 48.5 Å². The summed E-state index contributed by atoms with van der Waals surface area (Å²) in [6, 6.07) is 15.5. The van der Waals surface area contributed by atoms with E-state index >= 15 is 0 Å². The SMILES string of the molecule is O=C(CCc1nc2ccccc2[nH]1)Nc1cccc(-c2cnc[nH]2)c1. The van der Waals surface area contributed by atoms with Gasteiger partial charge in [-0.15, -0.1) is 0 Å². The zero-order valence-corrected chi connectivity index (χ0v) is 13.5. The zero-order chi connectivity index (χ0) is 17.1. The molecule has 2 heterocycles. The fourth-order valence-corrected chi connectivity index (χ4v) is 2.76.